The zero-order valence-corrected chi connectivity index (χ0v) is 20.1. The van der Waals surface area contributed by atoms with Crippen LogP contribution in [0.4, 0.5) is 0 Å². The van der Waals surface area contributed by atoms with E-state index in [1.807, 2.05) is 0 Å². The van der Waals surface area contributed by atoms with Crippen molar-refractivity contribution in [3.63, 3.8) is 0 Å². The summed E-state index contributed by atoms with van der Waals surface area (Å²) in [5.41, 5.74) is 9.45. The van der Waals surface area contributed by atoms with Crippen LogP contribution in [0.15, 0.2) is 91.1 Å². The van der Waals surface area contributed by atoms with Gasteiger partial charge in [0.25, 0.3) is 0 Å². The SMILES string of the molecule is Cc1ccc2c(c1)c1ccccc1c1nc(-c3cc(-c4ccccc4C)[n+](C)cc3C)ccc21. The molecule has 0 unspecified atom stereocenters. The highest BCUT2D eigenvalue weighted by Gasteiger charge is 2.18. The van der Waals surface area contributed by atoms with Crippen molar-refractivity contribution in [2.75, 3.05) is 0 Å². The molecule has 4 aromatic carbocycles. The predicted octanol–water partition coefficient (Wildman–Crippen LogP) is 7.62. The summed E-state index contributed by atoms with van der Waals surface area (Å²) in [5, 5.41) is 6.22. The number of nitrogens with zero attached hydrogens (tertiary/aromatic N) is 2. The number of aromatic nitrogens is 2. The van der Waals surface area contributed by atoms with Crippen LogP contribution in [-0.4, -0.2) is 4.98 Å². The highest BCUT2D eigenvalue weighted by atomic mass is 14.9. The third-order valence-electron chi connectivity index (χ3n) is 7.00. The normalized spacial score (nSPS) is 11.5. The Morgan fingerprint density at radius 1 is 0.588 bits per heavy atom. The number of rotatable bonds is 2. The maximum absolute atomic E-state index is 5.28. The van der Waals surface area contributed by atoms with Crippen molar-refractivity contribution in [3.05, 3.63) is 108 Å². The molecule has 0 aliphatic rings. The van der Waals surface area contributed by atoms with Gasteiger partial charge in [-0.2, -0.15) is 0 Å². The molecular weight excluding hydrogens is 412 g/mol. The van der Waals surface area contributed by atoms with Gasteiger partial charge in [-0.3, -0.25) is 0 Å². The lowest BCUT2D eigenvalue weighted by molar-refractivity contribution is -0.660. The van der Waals surface area contributed by atoms with Gasteiger partial charge in [-0.15, -0.1) is 0 Å². The van der Waals surface area contributed by atoms with Crippen LogP contribution >= 0.6 is 0 Å². The first-order valence-corrected chi connectivity index (χ1v) is 11.8. The van der Waals surface area contributed by atoms with Gasteiger partial charge in [0, 0.05) is 33.5 Å². The van der Waals surface area contributed by atoms with Crippen LogP contribution in [0.25, 0.3) is 55.0 Å². The van der Waals surface area contributed by atoms with Crippen molar-refractivity contribution in [2.24, 2.45) is 7.05 Å². The molecule has 0 radical (unpaired) electrons. The van der Waals surface area contributed by atoms with Crippen molar-refractivity contribution in [2.45, 2.75) is 20.8 Å². The Morgan fingerprint density at radius 2 is 1.26 bits per heavy atom. The summed E-state index contributed by atoms with van der Waals surface area (Å²) in [4.78, 5) is 5.28. The molecule has 0 bridgehead atoms. The molecule has 0 fully saturated rings. The van der Waals surface area contributed by atoms with E-state index >= 15 is 0 Å². The van der Waals surface area contributed by atoms with Crippen LogP contribution in [0.3, 0.4) is 0 Å². The minimum absolute atomic E-state index is 1.01. The zero-order chi connectivity index (χ0) is 23.4. The quantitative estimate of drug-likeness (QED) is 0.200. The fourth-order valence-corrected chi connectivity index (χ4v) is 5.26. The monoisotopic (exact) mass is 439 g/mol. The fraction of sp³-hybridized carbons (Fsp3) is 0.125. The van der Waals surface area contributed by atoms with Gasteiger partial charge in [0.1, 0.15) is 7.05 Å². The molecule has 0 aliphatic heterocycles. The number of benzene rings is 4. The zero-order valence-electron chi connectivity index (χ0n) is 20.1. The largest absolute Gasteiger partial charge is 0.247 e. The topological polar surface area (TPSA) is 16.8 Å². The summed E-state index contributed by atoms with van der Waals surface area (Å²) < 4.78 is 2.22. The van der Waals surface area contributed by atoms with Crippen molar-refractivity contribution >= 4 is 32.4 Å². The molecule has 0 spiro atoms. The number of aryl methyl sites for hydroxylation is 4. The van der Waals surface area contributed by atoms with E-state index in [-0.39, 0.29) is 0 Å². The minimum atomic E-state index is 1.01. The second kappa shape index (κ2) is 7.78. The summed E-state index contributed by atoms with van der Waals surface area (Å²) in [6.45, 7) is 6.50. The summed E-state index contributed by atoms with van der Waals surface area (Å²) in [7, 11) is 2.12. The molecule has 34 heavy (non-hydrogen) atoms. The van der Waals surface area contributed by atoms with Crippen LogP contribution < -0.4 is 4.57 Å². The molecule has 0 aliphatic carbocycles. The molecular formula is C32H27N2+. The van der Waals surface area contributed by atoms with E-state index < -0.39 is 0 Å². The molecule has 2 nitrogen and oxygen atoms in total. The second-order valence-electron chi connectivity index (χ2n) is 9.37. The Balaban J connectivity index is 1.65. The molecule has 0 saturated heterocycles. The molecule has 6 rings (SSSR count). The van der Waals surface area contributed by atoms with E-state index in [9.17, 15) is 0 Å². The van der Waals surface area contributed by atoms with Crippen molar-refractivity contribution < 1.29 is 4.57 Å². The molecule has 0 N–H and O–H groups in total. The summed E-state index contributed by atoms with van der Waals surface area (Å²) >= 11 is 0. The lowest BCUT2D eigenvalue weighted by Gasteiger charge is -2.13. The molecule has 6 aromatic rings. The summed E-state index contributed by atoms with van der Waals surface area (Å²) in [6.07, 6.45) is 2.21. The first-order valence-electron chi connectivity index (χ1n) is 11.8. The first kappa shape index (κ1) is 20.6. The molecule has 2 heterocycles. The van der Waals surface area contributed by atoms with Crippen LogP contribution in [0.1, 0.15) is 16.7 Å². The molecule has 0 amide bonds. The van der Waals surface area contributed by atoms with E-state index in [0.717, 1.165) is 11.2 Å². The lowest BCUT2D eigenvalue weighted by Crippen LogP contribution is -2.31. The van der Waals surface area contributed by atoms with Gasteiger partial charge in [0.15, 0.2) is 6.20 Å². The van der Waals surface area contributed by atoms with Crippen molar-refractivity contribution in [1.82, 2.24) is 4.98 Å². The molecule has 0 atom stereocenters. The van der Waals surface area contributed by atoms with Gasteiger partial charge in [-0.05, 0) is 60.7 Å². The molecule has 2 heteroatoms. The van der Waals surface area contributed by atoms with Gasteiger partial charge in [-0.1, -0.05) is 66.2 Å². The Bertz CT molecular complexity index is 1720. The fourth-order valence-electron chi connectivity index (χ4n) is 5.26. The maximum Gasteiger partial charge on any atom is 0.213 e. The van der Waals surface area contributed by atoms with E-state index in [1.165, 1.54) is 60.4 Å². The minimum Gasteiger partial charge on any atom is -0.247 e. The Kier molecular flexibility index (Phi) is 4.70. The number of hydrogen-bond acceptors (Lipinski definition) is 1. The van der Waals surface area contributed by atoms with Crippen LogP contribution in [-0.2, 0) is 7.05 Å². The van der Waals surface area contributed by atoms with E-state index in [2.05, 4.69) is 124 Å². The number of hydrogen-bond donors (Lipinski definition) is 0. The third-order valence-corrected chi connectivity index (χ3v) is 7.00. The van der Waals surface area contributed by atoms with Gasteiger partial charge < -0.3 is 0 Å². The highest BCUT2D eigenvalue weighted by molar-refractivity contribution is 6.24. The third kappa shape index (κ3) is 3.18. The van der Waals surface area contributed by atoms with E-state index in [4.69, 9.17) is 4.98 Å². The summed E-state index contributed by atoms with van der Waals surface area (Å²) in [5.74, 6) is 0. The van der Waals surface area contributed by atoms with E-state index in [1.54, 1.807) is 0 Å². The number of fused-ring (bicyclic) bond motifs is 6. The Hall–Kier alpha value is -4.04. The van der Waals surface area contributed by atoms with E-state index in [0.29, 0.717) is 0 Å². The molecule has 2 aromatic heterocycles. The average Bonchev–Trinajstić information content (AvgIpc) is 2.85. The standard InChI is InChI=1S/C32H27N2/c1-20-13-14-25-27-15-16-30(33-32(27)26-12-8-7-11-24(26)29(25)17-20)28-18-31(34(4)19-22(28)3)23-10-6-5-9-21(23)2/h5-19H,1-4H3/q+1. The Morgan fingerprint density at radius 3 is 2.09 bits per heavy atom. The number of pyridine rings is 2. The van der Waals surface area contributed by atoms with Crippen LogP contribution in [0, 0.1) is 20.8 Å². The van der Waals surface area contributed by atoms with Gasteiger partial charge in [-0.25, -0.2) is 9.55 Å². The van der Waals surface area contributed by atoms with Gasteiger partial charge in [0.2, 0.25) is 5.69 Å². The summed E-state index contributed by atoms with van der Waals surface area (Å²) in [6, 6.07) is 30.7. The lowest BCUT2D eigenvalue weighted by atomic mass is 9.95. The van der Waals surface area contributed by atoms with Crippen LogP contribution in [0.5, 0.6) is 0 Å². The van der Waals surface area contributed by atoms with Crippen LogP contribution in [0.2, 0.25) is 0 Å². The predicted molar refractivity (Wildman–Crippen MR) is 143 cm³/mol. The second-order valence-corrected chi connectivity index (χ2v) is 9.37. The van der Waals surface area contributed by atoms with Gasteiger partial charge in [0.05, 0.1) is 11.2 Å². The average molecular weight is 440 g/mol. The first-order chi connectivity index (χ1) is 16.5. The van der Waals surface area contributed by atoms with Gasteiger partial charge >= 0.3 is 0 Å². The molecule has 0 saturated carbocycles. The Labute approximate surface area is 200 Å². The van der Waals surface area contributed by atoms with Crippen molar-refractivity contribution in [3.8, 4) is 22.5 Å². The maximum atomic E-state index is 5.28. The smallest absolute Gasteiger partial charge is 0.213 e. The highest BCUT2D eigenvalue weighted by Crippen LogP contribution is 2.36. The molecule has 164 valence electrons. The van der Waals surface area contributed by atoms with Crippen molar-refractivity contribution in [1.29, 1.82) is 0 Å².